The maximum absolute atomic E-state index is 14.8. The van der Waals surface area contributed by atoms with Crippen LogP contribution in [-0.2, 0) is 16.1 Å². The Hall–Kier alpha value is -2.29. The van der Waals surface area contributed by atoms with Gasteiger partial charge in [-0.1, -0.05) is 48.9 Å². The molecule has 1 fully saturated rings. The Labute approximate surface area is 160 Å². The van der Waals surface area contributed by atoms with Gasteiger partial charge in [-0.3, -0.25) is 4.57 Å². The molecular weight excluding hydrogens is 373 g/mol. The highest BCUT2D eigenvalue weighted by Crippen LogP contribution is 2.38. The number of imidazole rings is 1. The Morgan fingerprint density at radius 1 is 1.30 bits per heavy atom. The van der Waals surface area contributed by atoms with Crippen LogP contribution in [0.4, 0.5) is 10.3 Å². The summed E-state index contributed by atoms with van der Waals surface area (Å²) in [5.41, 5.74) is 7.53. The van der Waals surface area contributed by atoms with Crippen LogP contribution in [0.2, 0.25) is 5.15 Å². The molecule has 2 aromatic heterocycles. The molecule has 7 nitrogen and oxygen atoms in total. The standard InChI is InChI=1S/C18H19ClFN5O2/c1-10-13(20)12(8-26-7-11-5-3-2-4-6-11)27-17(10)25-9-22-14-15(19)23-18(21)24-16(14)25/h2-6,9-10,12-13,17H,7-8H2,1H3,(H2,21,23,24). The maximum Gasteiger partial charge on any atom is 0.223 e. The van der Waals surface area contributed by atoms with Crippen LogP contribution in [-0.4, -0.2) is 38.4 Å². The van der Waals surface area contributed by atoms with E-state index in [0.29, 0.717) is 17.8 Å². The summed E-state index contributed by atoms with van der Waals surface area (Å²) in [6, 6.07) is 9.72. The molecule has 4 rings (SSSR count). The normalized spacial score (nSPS) is 25.3. The number of alkyl halides is 1. The lowest BCUT2D eigenvalue weighted by molar-refractivity contribution is -0.0574. The third-order valence-electron chi connectivity index (χ3n) is 4.69. The zero-order valence-electron chi connectivity index (χ0n) is 14.6. The second kappa shape index (κ2) is 7.38. The van der Waals surface area contributed by atoms with Crippen molar-refractivity contribution in [3.05, 3.63) is 47.4 Å². The van der Waals surface area contributed by atoms with E-state index in [0.717, 1.165) is 5.56 Å². The molecule has 4 unspecified atom stereocenters. The smallest absolute Gasteiger partial charge is 0.223 e. The quantitative estimate of drug-likeness (QED) is 0.672. The van der Waals surface area contributed by atoms with Crippen LogP contribution in [0, 0.1) is 5.92 Å². The molecule has 27 heavy (non-hydrogen) atoms. The highest BCUT2D eigenvalue weighted by molar-refractivity contribution is 6.33. The number of nitrogens with two attached hydrogens (primary N) is 1. The number of anilines is 1. The fourth-order valence-electron chi connectivity index (χ4n) is 3.28. The predicted octanol–water partition coefficient (Wildman–Crippen LogP) is 3.15. The van der Waals surface area contributed by atoms with Crippen LogP contribution in [0.15, 0.2) is 36.7 Å². The van der Waals surface area contributed by atoms with Crippen LogP contribution < -0.4 is 5.73 Å². The van der Waals surface area contributed by atoms with Gasteiger partial charge in [0.1, 0.15) is 24.0 Å². The molecule has 0 amide bonds. The average molecular weight is 392 g/mol. The number of hydrogen-bond acceptors (Lipinski definition) is 6. The van der Waals surface area contributed by atoms with E-state index in [2.05, 4.69) is 15.0 Å². The Morgan fingerprint density at radius 2 is 2.07 bits per heavy atom. The van der Waals surface area contributed by atoms with Gasteiger partial charge in [-0.05, 0) is 5.56 Å². The molecule has 0 aliphatic carbocycles. The van der Waals surface area contributed by atoms with Gasteiger partial charge in [0.25, 0.3) is 0 Å². The lowest BCUT2D eigenvalue weighted by Crippen LogP contribution is -2.25. The van der Waals surface area contributed by atoms with Crippen molar-refractivity contribution in [2.24, 2.45) is 5.92 Å². The van der Waals surface area contributed by atoms with E-state index in [1.165, 1.54) is 6.33 Å². The first-order valence-electron chi connectivity index (χ1n) is 8.61. The molecule has 0 radical (unpaired) electrons. The molecule has 4 atom stereocenters. The minimum atomic E-state index is -1.18. The number of benzene rings is 1. The molecular formula is C18H19ClFN5O2. The minimum absolute atomic E-state index is 0.0273. The molecule has 2 N–H and O–H groups in total. The summed E-state index contributed by atoms with van der Waals surface area (Å²) in [7, 11) is 0. The van der Waals surface area contributed by atoms with E-state index < -0.39 is 24.4 Å². The fourth-order valence-corrected chi connectivity index (χ4v) is 3.50. The second-order valence-corrected chi connectivity index (χ2v) is 6.92. The molecule has 142 valence electrons. The van der Waals surface area contributed by atoms with Crippen molar-refractivity contribution in [2.75, 3.05) is 12.3 Å². The molecule has 1 aliphatic rings. The van der Waals surface area contributed by atoms with Gasteiger partial charge in [-0.25, -0.2) is 9.37 Å². The van der Waals surface area contributed by atoms with Gasteiger partial charge in [0.05, 0.1) is 19.5 Å². The fraction of sp³-hybridized carbons (Fsp3) is 0.389. The van der Waals surface area contributed by atoms with Crippen LogP contribution in [0.1, 0.15) is 18.7 Å². The number of ether oxygens (including phenoxy) is 2. The van der Waals surface area contributed by atoms with Gasteiger partial charge in [-0.15, -0.1) is 0 Å². The zero-order chi connectivity index (χ0) is 19.0. The molecule has 9 heteroatoms. The van der Waals surface area contributed by atoms with Gasteiger partial charge < -0.3 is 15.2 Å². The monoisotopic (exact) mass is 391 g/mol. The van der Waals surface area contributed by atoms with E-state index in [9.17, 15) is 4.39 Å². The molecule has 1 saturated heterocycles. The lowest BCUT2D eigenvalue weighted by atomic mass is 10.0. The summed E-state index contributed by atoms with van der Waals surface area (Å²) in [6.07, 6.45) is -0.925. The number of halogens is 2. The molecule has 0 spiro atoms. The van der Waals surface area contributed by atoms with Crippen molar-refractivity contribution < 1.29 is 13.9 Å². The third-order valence-corrected chi connectivity index (χ3v) is 4.95. The molecule has 1 aliphatic heterocycles. The minimum Gasteiger partial charge on any atom is -0.374 e. The summed E-state index contributed by atoms with van der Waals surface area (Å²) in [6.45, 7) is 2.34. The number of fused-ring (bicyclic) bond motifs is 1. The summed E-state index contributed by atoms with van der Waals surface area (Å²) in [5, 5.41) is 0.154. The van der Waals surface area contributed by atoms with Gasteiger partial charge in [0.15, 0.2) is 10.8 Å². The van der Waals surface area contributed by atoms with Crippen molar-refractivity contribution in [2.45, 2.75) is 32.0 Å². The van der Waals surface area contributed by atoms with Gasteiger partial charge in [0.2, 0.25) is 5.95 Å². The van der Waals surface area contributed by atoms with E-state index in [1.54, 1.807) is 11.5 Å². The van der Waals surface area contributed by atoms with Gasteiger partial charge >= 0.3 is 0 Å². The average Bonchev–Trinajstić information content (AvgIpc) is 3.19. The van der Waals surface area contributed by atoms with E-state index in [4.69, 9.17) is 26.8 Å². The van der Waals surface area contributed by atoms with Gasteiger partial charge in [-0.2, -0.15) is 9.97 Å². The lowest BCUT2D eigenvalue weighted by Gasteiger charge is -2.17. The number of hydrogen-bond donors (Lipinski definition) is 1. The first-order valence-corrected chi connectivity index (χ1v) is 8.99. The first-order chi connectivity index (χ1) is 13.0. The maximum atomic E-state index is 14.8. The molecule has 3 heterocycles. The number of nitrogens with zero attached hydrogens (tertiary/aromatic N) is 4. The Bertz CT molecular complexity index is 938. The van der Waals surface area contributed by atoms with Crippen molar-refractivity contribution in [3.8, 4) is 0 Å². The molecule has 1 aromatic carbocycles. The summed E-state index contributed by atoms with van der Waals surface area (Å²) >= 11 is 6.06. The van der Waals surface area contributed by atoms with Gasteiger partial charge in [0, 0.05) is 5.92 Å². The van der Waals surface area contributed by atoms with Crippen LogP contribution in [0.25, 0.3) is 11.2 Å². The summed E-state index contributed by atoms with van der Waals surface area (Å²) in [5.74, 6) is -0.387. The number of rotatable bonds is 5. The Kier molecular flexibility index (Phi) is 4.94. The first kappa shape index (κ1) is 18.1. The highest BCUT2D eigenvalue weighted by atomic mass is 35.5. The van der Waals surface area contributed by atoms with Crippen molar-refractivity contribution in [1.82, 2.24) is 19.5 Å². The third kappa shape index (κ3) is 3.47. The molecule has 3 aromatic rings. The van der Waals surface area contributed by atoms with Crippen LogP contribution in [0.3, 0.4) is 0 Å². The van der Waals surface area contributed by atoms with Crippen molar-refractivity contribution >= 4 is 28.7 Å². The topological polar surface area (TPSA) is 88.1 Å². The Morgan fingerprint density at radius 3 is 2.85 bits per heavy atom. The summed E-state index contributed by atoms with van der Waals surface area (Å²) in [4.78, 5) is 12.3. The molecule has 0 bridgehead atoms. The Balaban J connectivity index is 1.49. The summed E-state index contributed by atoms with van der Waals surface area (Å²) < 4.78 is 28.0. The number of nitrogen functional groups attached to an aromatic ring is 1. The predicted molar refractivity (Wildman–Crippen MR) is 98.8 cm³/mol. The van der Waals surface area contributed by atoms with Crippen LogP contribution in [0.5, 0.6) is 0 Å². The van der Waals surface area contributed by atoms with Crippen LogP contribution >= 0.6 is 11.6 Å². The largest absolute Gasteiger partial charge is 0.374 e. The SMILES string of the molecule is CC1C(F)C(COCc2ccccc2)OC1n1cnc2c(Cl)nc(N)nc21. The number of aromatic nitrogens is 4. The highest BCUT2D eigenvalue weighted by Gasteiger charge is 2.44. The van der Waals surface area contributed by atoms with E-state index in [1.807, 2.05) is 30.3 Å². The van der Waals surface area contributed by atoms with E-state index in [-0.39, 0.29) is 17.7 Å². The van der Waals surface area contributed by atoms with Crippen molar-refractivity contribution in [3.63, 3.8) is 0 Å². The second-order valence-electron chi connectivity index (χ2n) is 6.57. The van der Waals surface area contributed by atoms with Crippen molar-refractivity contribution in [1.29, 1.82) is 0 Å². The molecule has 0 saturated carbocycles. The zero-order valence-corrected chi connectivity index (χ0v) is 15.4. The van der Waals surface area contributed by atoms with E-state index >= 15 is 0 Å².